The normalized spacial score (nSPS) is 13.6. The van der Waals surface area contributed by atoms with E-state index in [9.17, 15) is 8.42 Å². The minimum atomic E-state index is -3.01. The molecule has 0 saturated carbocycles. The van der Waals surface area contributed by atoms with Gasteiger partial charge in [-0.05, 0) is 13.3 Å². The summed E-state index contributed by atoms with van der Waals surface area (Å²) in [5.41, 5.74) is 8.65. The van der Waals surface area contributed by atoms with Gasteiger partial charge in [-0.15, -0.1) is 0 Å². The van der Waals surface area contributed by atoms with Crippen molar-refractivity contribution in [3.63, 3.8) is 0 Å². The fourth-order valence-corrected chi connectivity index (χ4v) is 2.69. The number of aromatic nitrogens is 4. The summed E-state index contributed by atoms with van der Waals surface area (Å²) in [6.45, 7) is 1.92. The molecule has 0 fully saturated rings. The molecule has 2 heterocycles. The lowest BCUT2D eigenvalue weighted by Gasteiger charge is -2.07. The molecule has 0 aliphatic rings. The van der Waals surface area contributed by atoms with Crippen LogP contribution in [-0.4, -0.2) is 40.2 Å². The number of nitrogens with one attached hydrogen (secondary N) is 1. The first kappa shape index (κ1) is 14.7. The number of hydrogen-bond donors (Lipinski definition) is 2. The maximum absolute atomic E-state index is 11.1. The maximum atomic E-state index is 11.1. The van der Waals surface area contributed by atoms with Gasteiger partial charge in [0.2, 0.25) is 0 Å². The van der Waals surface area contributed by atoms with Crippen LogP contribution < -0.4 is 5.73 Å². The minimum absolute atomic E-state index is 0.0517. The molecule has 110 valence electrons. The third kappa shape index (κ3) is 3.45. The molecule has 1 unspecified atom stereocenters. The summed E-state index contributed by atoms with van der Waals surface area (Å²) in [5, 5.41) is 4.27. The number of rotatable bonds is 5. The second-order valence-electron chi connectivity index (χ2n) is 5.01. The highest BCUT2D eigenvalue weighted by molar-refractivity contribution is 7.90. The molecule has 2 aromatic heterocycles. The zero-order chi connectivity index (χ0) is 14.9. The van der Waals surface area contributed by atoms with Crippen molar-refractivity contribution in [1.29, 1.82) is 0 Å². The fourth-order valence-electron chi connectivity index (χ4n) is 2.00. The van der Waals surface area contributed by atoms with E-state index >= 15 is 0 Å². The zero-order valence-corrected chi connectivity index (χ0v) is 12.6. The molecule has 1 atom stereocenters. The second-order valence-corrected chi connectivity index (χ2v) is 7.27. The van der Waals surface area contributed by atoms with Gasteiger partial charge < -0.3 is 10.7 Å². The van der Waals surface area contributed by atoms with Gasteiger partial charge in [-0.2, -0.15) is 5.10 Å². The number of nitrogens with zero attached hydrogens (tertiary/aromatic N) is 3. The molecule has 0 amide bonds. The average Bonchev–Trinajstić information content (AvgIpc) is 2.91. The molecule has 0 bridgehead atoms. The lowest BCUT2D eigenvalue weighted by atomic mass is 10.2. The smallest absolute Gasteiger partial charge is 0.147 e. The molecule has 2 rings (SSSR count). The Hall–Kier alpha value is -1.67. The highest BCUT2D eigenvalue weighted by atomic mass is 32.2. The molecule has 0 saturated heterocycles. The van der Waals surface area contributed by atoms with Crippen molar-refractivity contribution in [1.82, 2.24) is 19.7 Å². The SMILES string of the molecule is Cc1nn(C)cc1-c1cnc(C(N)CCS(C)(=O)=O)[nH]1. The van der Waals surface area contributed by atoms with Crippen molar-refractivity contribution in [2.24, 2.45) is 12.8 Å². The van der Waals surface area contributed by atoms with Gasteiger partial charge in [-0.1, -0.05) is 0 Å². The van der Waals surface area contributed by atoms with Crippen molar-refractivity contribution >= 4 is 9.84 Å². The predicted molar refractivity (Wildman–Crippen MR) is 76.8 cm³/mol. The van der Waals surface area contributed by atoms with Crippen LogP contribution in [0.25, 0.3) is 11.3 Å². The van der Waals surface area contributed by atoms with Crippen molar-refractivity contribution < 1.29 is 8.42 Å². The molecular weight excluding hydrogens is 278 g/mol. The summed E-state index contributed by atoms with van der Waals surface area (Å²) in [5.74, 6) is 0.641. The third-order valence-electron chi connectivity index (χ3n) is 3.05. The topological polar surface area (TPSA) is 107 Å². The van der Waals surface area contributed by atoms with E-state index in [1.165, 1.54) is 6.26 Å². The summed E-state index contributed by atoms with van der Waals surface area (Å²) < 4.78 is 24.0. The number of H-pyrrole nitrogens is 1. The van der Waals surface area contributed by atoms with Gasteiger partial charge in [0, 0.05) is 25.1 Å². The molecular formula is C12H19N5O2S. The van der Waals surface area contributed by atoms with E-state index in [4.69, 9.17) is 5.73 Å². The molecule has 3 N–H and O–H groups in total. The number of aromatic amines is 1. The Morgan fingerprint density at radius 1 is 1.50 bits per heavy atom. The van der Waals surface area contributed by atoms with Crippen molar-refractivity contribution in [2.75, 3.05) is 12.0 Å². The molecule has 0 radical (unpaired) electrons. The van der Waals surface area contributed by atoms with Crippen LogP contribution in [0.15, 0.2) is 12.4 Å². The average molecular weight is 297 g/mol. The van der Waals surface area contributed by atoms with Gasteiger partial charge in [0.05, 0.1) is 29.4 Å². The van der Waals surface area contributed by atoms with Crippen molar-refractivity contribution in [3.05, 3.63) is 23.9 Å². The quantitative estimate of drug-likeness (QED) is 0.838. The van der Waals surface area contributed by atoms with Gasteiger partial charge >= 0.3 is 0 Å². The van der Waals surface area contributed by atoms with Crippen LogP contribution >= 0.6 is 0 Å². The highest BCUT2D eigenvalue weighted by Gasteiger charge is 2.15. The van der Waals surface area contributed by atoms with Gasteiger partial charge in [0.1, 0.15) is 15.7 Å². The lowest BCUT2D eigenvalue weighted by Crippen LogP contribution is -2.16. The molecule has 0 aromatic carbocycles. The number of sulfone groups is 1. The molecule has 2 aromatic rings. The van der Waals surface area contributed by atoms with Gasteiger partial charge in [-0.3, -0.25) is 4.68 Å². The minimum Gasteiger partial charge on any atom is -0.341 e. The monoisotopic (exact) mass is 297 g/mol. The van der Waals surface area contributed by atoms with E-state index in [0.717, 1.165) is 17.0 Å². The highest BCUT2D eigenvalue weighted by Crippen LogP contribution is 2.22. The molecule has 20 heavy (non-hydrogen) atoms. The molecule has 0 aliphatic heterocycles. The van der Waals surface area contributed by atoms with Crippen LogP contribution in [0.5, 0.6) is 0 Å². The Kier molecular flexibility index (Phi) is 3.96. The fraction of sp³-hybridized carbons (Fsp3) is 0.500. The van der Waals surface area contributed by atoms with E-state index in [-0.39, 0.29) is 5.75 Å². The summed E-state index contributed by atoms with van der Waals surface area (Å²) in [4.78, 5) is 7.37. The standard InChI is InChI=1S/C12H19N5O2S/c1-8-9(7-17(2)16-8)11-6-14-12(15-11)10(13)4-5-20(3,18)19/h6-7,10H,4-5,13H2,1-3H3,(H,14,15). The zero-order valence-electron chi connectivity index (χ0n) is 11.8. The summed E-state index contributed by atoms with van der Waals surface area (Å²) in [6, 6.07) is -0.421. The Balaban J connectivity index is 2.14. The van der Waals surface area contributed by atoms with Gasteiger partial charge in [0.25, 0.3) is 0 Å². The van der Waals surface area contributed by atoms with Crippen LogP contribution in [0.3, 0.4) is 0 Å². The second kappa shape index (κ2) is 5.37. The number of nitrogens with two attached hydrogens (primary N) is 1. The number of imidazole rings is 1. The van der Waals surface area contributed by atoms with Gasteiger partial charge in [0.15, 0.2) is 0 Å². The van der Waals surface area contributed by atoms with E-state index in [1.807, 2.05) is 20.2 Å². The third-order valence-corrected chi connectivity index (χ3v) is 4.03. The van der Waals surface area contributed by atoms with E-state index in [0.29, 0.717) is 12.2 Å². The summed E-state index contributed by atoms with van der Waals surface area (Å²) >= 11 is 0. The van der Waals surface area contributed by atoms with E-state index in [1.54, 1.807) is 10.9 Å². The first-order chi connectivity index (χ1) is 9.26. The molecule has 0 spiro atoms. The Bertz CT molecular complexity index is 701. The van der Waals surface area contributed by atoms with Crippen molar-refractivity contribution in [2.45, 2.75) is 19.4 Å². The van der Waals surface area contributed by atoms with Crippen molar-refractivity contribution in [3.8, 4) is 11.3 Å². The molecule has 8 heteroatoms. The summed E-state index contributed by atoms with van der Waals surface area (Å²) in [6.07, 6.45) is 5.14. The van der Waals surface area contributed by atoms with Gasteiger partial charge in [-0.25, -0.2) is 13.4 Å². The van der Waals surface area contributed by atoms with Crippen LogP contribution in [-0.2, 0) is 16.9 Å². The first-order valence-electron chi connectivity index (χ1n) is 6.25. The predicted octanol–water partition coefficient (Wildman–Crippen LogP) is 0.553. The van der Waals surface area contributed by atoms with Crippen LogP contribution in [0.2, 0.25) is 0 Å². The molecule has 0 aliphatic carbocycles. The lowest BCUT2D eigenvalue weighted by molar-refractivity contribution is 0.588. The largest absolute Gasteiger partial charge is 0.341 e. The molecule has 7 nitrogen and oxygen atoms in total. The van der Waals surface area contributed by atoms with Crippen LogP contribution in [0.1, 0.15) is 24.0 Å². The van der Waals surface area contributed by atoms with Crippen LogP contribution in [0.4, 0.5) is 0 Å². The Morgan fingerprint density at radius 2 is 2.20 bits per heavy atom. The first-order valence-corrected chi connectivity index (χ1v) is 8.31. The van der Waals surface area contributed by atoms with E-state index < -0.39 is 15.9 Å². The Morgan fingerprint density at radius 3 is 2.75 bits per heavy atom. The summed E-state index contributed by atoms with van der Waals surface area (Å²) in [7, 11) is -1.16. The Labute approximate surface area is 118 Å². The number of hydrogen-bond acceptors (Lipinski definition) is 5. The maximum Gasteiger partial charge on any atom is 0.147 e. The van der Waals surface area contributed by atoms with Crippen LogP contribution in [0, 0.1) is 6.92 Å². The number of aryl methyl sites for hydroxylation is 2. The van der Waals surface area contributed by atoms with E-state index in [2.05, 4.69) is 15.1 Å².